The molecule has 0 saturated carbocycles. The van der Waals surface area contributed by atoms with E-state index in [1.54, 1.807) is 0 Å². The van der Waals surface area contributed by atoms with Crippen LogP contribution in [0.15, 0.2) is 36.4 Å². The van der Waals surface area contributed by atoms with E-state index >= 15 is 0 Å². The number of carbonyl (C=O) groups excluding carboxylic acids is 3. The normalized spacial score (nSPS) is 14.1. The van der Waals surface area contributed by atoms with Gasteiger partial charge in [-0.15, -0.1) is 0 Å². The van der Waals surface area contributed by atoms with Gasteiger partial charge in [0.1, 0.15) is 5.75 Å². The monoisotopic (exact) mass is 442 g/mol. The summed E-state index contributed by atoms with van der Waals surface area (Å²) in [5, 5.41) is 4.49. The molecular formula is C19H14ClF3N2O5. The van der Waals surface area contributed by atoms with E-state index in [0.717, 1.165) is 6.07 Å². The minimum Gasteiger partial charge on any atom is -0.482 e. The van der Waals surface area contributed by atoms with Crippen molar-refractivity contribution in [3.63, 3.8) is 0 Å². The van der Waals surface area contributed by atoms with Gasteiger partial charge < -0.3 is 20.1 Å². The molecule has 0 spiro atoms. The Morgan fingerprint density at radius 3 is 2.67 bits per heavy atom. The Kier molecular flexibility index (Phi) is 5.88. The number of hydrogen-bond donors (Lipinski definition) is 2. The molecule has 2 N–H and O–H groups in total. The number of hydrogen-bond acceptors (Lipinski definition) is 5. The lowest BCUT2D eigenvalue weighted by Crippen LogP contribution is -2.31. The number of halogens is 4. The molecular weight excluding hydrogens is 429 g/mol. The Labute approximate surface area is 173 Å². The van der Waals surface area contributed by atoms with Crippen LogP contribution in [-0.2, 0) is 20.5 Å². The highest BCUT2D eigenvalue weighted by Gasteiger charge is 2.34. The van der Waals surface area contributed by atoms with Crippen molar-refractivity contribution in [2.75, 3.05) is 17.2 Å². The summed E-state index contributed by atoms with van der Waals surface area (Å²) in [6.45, 7) is 0.998. The number of amides is 2. The van der Waals surface area contributed by atoms with Gasteiger partial charge in [-0.25, -0.2) is 4.79 Å². The lowest BCUT2D eigenvalue weighted by atomic mass is 10.1. The highest BCUT2D eigenvalue weighted by molar-refractivity contribution is 6.30. The van der Waals surface area contributed by atoms with Gasteiger partial charge in [-0.1, -0.05) is 11.6 Å². The first-order valence-electron chi connectivity index (χ1n) is 8.50. The zero-order chi connectivity index (χ0) is 22.1. The van der Waals surface area contributed by atoms with Gasteiger partial charge >= 0.3 is 12.1 Å². The zero-order valence-electron chi connectivity index (χ0n) is 15.3. The molecule has 11 heteroatoms. The maximum atomic E-state index is 13.1. The highest BCUT2D eigenvalue weighted by Crippen LogP contribution is 2.36. The van der Waals surface area contributed by atoms with Crippen molar-refractivity contribution < 1.29 is 37.0 Å². The number of nitrogens with one attached hydrogen (secondary N) is 2. The van der Waals surface area contributed by atoms with Crippen LogP contribution < -0.4 is 15.4 Å². The fourth-order valence-corrected chi connectivity index (χ4v) is 2.75. The molecule has 30 heavy (non-hydrogen) atoms. The van der Waals surface area contributed by atoms with Crippen molar-refractivity contribution in [3.05, 3.63) is 52.5 Å². The van der Waals surface area contributed by atoms with Crippen LogP contribution in [-0.4, -0.2) is 30.5 Å². The van der Waals surface area contributed by atoms with E-state index in [0.29, 0.717) is 11.8 Å². The van der Waals surface area contributed by atoms with Gasteiger partial charge in [-0.3, -0.25) is 9.59 Å². The average Bonchev–Trinajstić information content (AvgIpc) is 2.67. The van der Waals surface area contributed by atoms with Crippen LogP contribution in [0.1, 0.15) is 22.8 Å². The maximum Gasteiger partial charge on any atom is 0.418 e. The second kappa shape index (κ2) is 8.23. The predicted octanol–water partition coefficient (Wildman–Crippen LogP) is 3.87. The fraction of sp³-hybridized carbons (Fsp3) is 0.211. The molecule has 1 heterocycles. The summed E-state index contributed by atoms with van der Waals surface area (Å²) in [5.74, 6) is -1.95. The van der Waals surface area contributed by atoms with Crippen LogP contribution in [0.2, 0.25) is 5.02 Å². The second-order valence-electron chi connectivity index (χ2n) is 6.27. The van der Waals surface area contributed by atoms with Gasteiger partial charge in [0.25, 0.3) is 11.8 Å². The molecule has 0 bridgehead atoms. The van der Waals surface area contributed by atoms with Crippen molar-refractivity contribution in [3.8, 4) is 5.75 Å². The van der Waals surface area contributed by atoms with E-state index in [-0.39, 0.29) is 28.8 Å². The number of anilines is 2. The summed E-state index contributed by atoms with van der Waals surface area (Å²) < 4.78 is 49.6. The maximum absolute atomic E-state index is 13.1. The first kappa shape index (κ1) is 21.4. The average molecular weight is 443 g/mol. The summed E-state index contributed by atoms with van der Waals surface area (Å²) in [4.78, 5) is 35.8. The molecule has 7 nitrogen and oxygen atoms in total. The van der Waals surface area contributed by atoms with E-state index in [1.165, 1.54) is 31.2 Å². The van der Waals surface area contributed by atoms with Gasteiger partial charge in [0, 0.05) is 5.02 Å². The standard InChI is InChI=1S/C19H14ClF3N2O5/c1-9(17(27)25-13-5-3-11(20)7-12(13)19(21,22)23)30-18(28)10-2-4-14-15(6-10)29-8-16(26)24-14/h2-7,9H,8H2,1H3,(H,24,26)(H,25,27). The third-order valence-electron chi connectivity index (χ3n) is 4.05. The van der Waals surface area contributed by atoms with Crippen LogP contribution in [0.4, 0.5) is 24.5 Å². The lowest BCUT2D eigenvalue weighted by molar-refractivity contribution is -0.137. The Bertz CT molecular complexity index is 1030. The highest BCUT2D eigenvalue weighted by atomic mass is 35.5. The second-order valence-corrected chi connectivity index (χ2v) is 6.71. The Balaban J connectivity index is 1.69. The number of esters is 1. The molecule has 0 fully saturated rings. The Morgan fingerprint density at radius 2 is 1.97 bits per heavy atom. The minimum atomic E-state index is -4.74. The molecule has 2 amide bonds. The van der Waals surface area contributed by atoms with Crippen LogP contribution in [0.5, 0.6) is 5.75 Å². The van der Waals surface area contributed by atoms with Crippen LogP contribution in [0.3, 0.4) is 0 Å². The molecule has 0 aromatic heterocycles. The van der Waals surface area contributed by atoms with E-state index in [9.17, 15) is 27.6 Å². The van der Waals surface area contributed by atoms with Gasteiger partial charge in [0.15, 0.2) is 12.7 Å². The van der Waals surface area contributed by atoms with Crippen molar-refractivity contribution in [2.24, 2.45) is 0 Å². The van der Waals surface area contributed by atoms with E-state index in [4.69, 9.17) is 21.1 Å². The SMILES string of the molecule is CC(OC(=O)c1ccc2c(c1)OCC(=O)N2)C(=O)Nc1ccc(Cl)cc1C(F)(F)F. The number of alkyl halides is 3. The van der Waals surface area contributed by atoms with Crippen LogP contribution >= 0.6 is 11.6 Å². The quantitative estimate of drug-likeness (QED) is 0.701. The topological polar surface area (TPSA) is 93.7 Å². The van der Waals surface area contributed by atoms with Crippen molar-refractivity contribution in [1.29, 1.82) is 0 Å². The molecule has 0 radical (unpaired) electrons. The molecule has 1 unspecified atom stereocenters. The van der Waals surface area contributed by atoms with Crippen molar-refractivity contribution in [1.82, 2.24) is 0 Å². The third-order valence-corrected chi connectivity index (χ3v) is 4.28. The number of ether oxygens (including phenoxy) is 2. The first-order chi connectivity index (χ1) is 14.0. The van der Waals surface area contributed by atoms with Gasteiger partial charge in [-0.2, -0.15) is 13.2 Å². The molecule has 158 valence electrons. The van der Waals surface area contributed by atoms with Gasteiger partial charge in [-0.05, 0) is 43.3 Å². The lowest BCUT2D eigenvalue weighted by Gasteiger charge is -2.19. The summed E-state index contributed by atoms with van der Waals surface area (Å²) in [7, 11) is 0. The molecule has 1 atom stereocenters. The molecule has 3 rings (SSSR count). The van der Waals surface area contributed by atoms with Gasteiger partial charge in [0.05, 0.1) is 22.5 Å². The number of carbonyl (C=O) groups is 3. The van der Waals surface area contributed by atoms with Crippen molar-refractivity contribution in [2.45, 2.75) is 19.2 Å². The zero-order valence-corrected chi connectivity index (χ0v) is 16.1. The largest absolute Gasteiger partial charge is 0.482 e. The van der Waals surface area contributed by atoms with E-state index < -0.39 is 35.4 Å². The predicted molar refractivity (Wildman–Crippen MR) is 101 cm³/mol. The Morgan fingerprint density at radius 1 is 1.23 bits per heavy atom. The third kappa shape index (κ3) is 4.82. The Hall–Kier alpha value is -3.27. The molecule has 2 aromatic carbocycles. The minimum absolute atomic E-state index is 0.0343. The van der Waals surface area contributed by atoms with E-state index in [1.807, 2.05) is 0 Å². The van der Waals surface area contributed by atoms with Crippen LogP contribution in [0, 0.1) is 0 Å². The molecule has 0 aliphatic carbocycles. The van der Waals surface area contributed by atoms with Gasteiger partial charge in [0.2, 0.25) is 0 Å². The fourth-order valence-electron chi connectivity index (χ4n) is 2.58. The summed E-state index contributed by atoms with van der Waals surface area (Å²) in [6.07, 6.45) is -6.14. The smallest absolute Gasteiger partial charge is 0.418 e. The summed E-state index contributed by atoms with van der Waals surface area (Å²) in [6, 6.07) is 6.98. The molecule has 1 aliphatic heterocycles. The van der Waals surface area contributed by atoms with Crippen molar-refractivity contribution >= 4 is 40.8 Å². The summed E-state index contributed by atoms with van der Waals surface area (Å²) >= 11 is 5.60. The van der Waals surface area contributed by atoms with E-state index in [2.05, 4.69) is 10.6 Å². The van der Waals surface area contributed by atoms with Crippen LogP contribution in [0.25, 0.3) is 0 Å². The number of benzene rings is 2. The number of rotatable bonds is 4. The summed E-state index contributed by atoms with van der Waals surface area (Å²) in [5.41, 5.74) is -1.24. The number of fused-ring (bicyclic) bond motifs is 1. The molecule has 1 aliphatic rings. The molecule has 2 aromatic rings. The molecule has 0 saturated heterocycles. The first-order valence-corrected chi connectivity index (χ1v) is 8.87.